The first kappa shape index (κ1) is 17.2. The molecule has 1 fully saturated rings. The number of hydrogen-bond acceptors (Lipinski definition) is 3. The number of benzene rings is 1. The average molecular weight is 391 g/mol. The normalized spacial score (nSPS) is 15.9. The van der Waals surface area contributed by atoms with Crippen LogP contribution in [-0.2, 0) is 11.2 Å². The molecule has 5 heteroatoms. The van der Waals surface area contributed by atoms with Crippen LogP contribution in [-0.4, -0.2) is 16.9 Å². The Bertz CT molecular complexity index is 676. The Morgan fingerprint density at radius 2 is 2.04 bits per heavy atom. The van der Waals surface area contributed by atoms with E-state index >= 15 is 0 Å². The summed E-state index contributed by atoms with van der Waals surface area (Å²) in [4.78, 5) is 16.4. The van der Waals surface area contributed by atoms with E-state index in [1.54, 1.807) is 6.20 Å². The molecule has 0 unspecified atom stereocenters. The fraction of sp³-hybridized carbons (Fsp3) is 0.474. The molecule has 1 N–H and O–H groups in total. The van der Waals surface area contributed by atoms with Crippen molar-refractivity contribution in [2.45, 2.75) is 57.4 Å². The Labute approximate surface area is 151 Å². The number of rotatable bonds is 5. The Morgan fingerprint density at radius 1 is 1.25 bits per heavy atom. The minimum Gasteiger partial charge on any atom is -0.441 e. The van der Waals surface area contributed by atoms with Crippen LogP contribution in [0.1, 0.15) is 50.8 Å². The number of aromatic nitrogens is 1. The van der Waals surface area contributed by atoms with Gasteiger partial charge in [-0.25, -0.2) is 4.98 Å². The summed E-state index contributed by atoms with van der Waals surface area (Å²) in [5, 5.41) is 3.16. The minimum absolute atomic E-state index is 0.101. The summed E-state index contributed by atoms with van der Waals surface area (Å²) in [7, 11) is 0. The second-order valence-corrected chi connectivity index (χ2v) is 7.30. The van der Waals surface area contributed by atoms with Gasteiger partial charge in [0.05, 0.1) is 6.20 Å². The number of aryl methyl sites for hydroxylation is 1. The smallest absolute Gasteiger partial charge is 0.220 e. The molecule has 1 aromatic heterocycles. The summed E-state index contributed by atoms with van der Waals surface area (Å²) in [6.45, 7) is 0. The van der Waals surface area contributed by atoms with Crippen molar-refractivity contribution < 1.29 is 9.21 Å². The first-order chi connectivity index (χ1) is 11.7. The zero-order valence-electron chi connectivity index (χ0n) is 13.8. The molecular weight excluding hydrogens is 368 g/mol. The fourth-order valence-electron chi connectivity index (χ4n) is 3.15. The second-order valence-electron chi connectivity index (χ2n) is 6.38. The van der Waals surface area contributed by atoms with Crippen molar-refractivity contribution in [2.24, 2.45) is 0 Å². The van der Waals surface area contributed by atoms with Crippen LogP contribution in [0.3, 0.4) is 0 Å². The number of carbonyl (C=O) groups excluding carboxylic acids is 1. The van der Waals surface area contributed by atoms with Crippen LogP contribution in [0.25, 0.3) is 11.3 Å². The van der Waals surface area contributed by atoms with E-state index in [2.05, 4.69) is 26.2 Å². The van der Waals surface area contributed by atoms with Crippen molar-refractivity contribution in [3.63, 3.8) is 0 Å². The number of amides is 1. The van der Waals surface area contributed by atoms with Gasteiger partial charge in [0.1, 0.15) is 0 Å². The third-order valence-electron chi connectivity index (χ3n) is 4.45. The molecule has 128 valence electrons. The van der Waals surface area contributed by atoms with Gasteiger partial charge < -0.3 is 9.73 Å². The largest absolute Gasteiger partial charge is 0.441 e. The van der Waals surface area contributed by atoms with Gasteiger partial charge in [-0.15, -0.1) is 0 Å². The zero-order valence-corrected chi connectivity index (χ0v) is 15.3. The molecule has 1 saturated carbocycles. The highest BCUT2D eigenvalue weighted by Gasteiger charge is 2.15. The number of nitrogens with zero attached hydrogens (tertiary/aromatic N) is 1. The lowest BCUT2D eigenvalue weighted by Crippen LogP contribution is -2.34. The molecule has 1 aromatic carbocycles. The topological polar surface area (TPSA) is 55.1 Å². The van der Waals surface area contributed by atoms with Gasteiger partial charge in [0.15, 0.2) is 11.7 Å². The molecule has 0 spiro atoms. The molecule has 0 atom stereocenters. The Morgan fingerprint density at radius 3 is 2.79 bits per heavy atom. The van der Waals surface area contributed by atoms with Gasteiger partial charge in [0.25, 0.3) is 0 Å². The van der Waals surface area contributed by atoms with Gasteiger partial charge in [-0.1, -0.05) is 53.7 Å². The lowest BCUT2D eigenvalue weighted by Gasteiger charge is -2.15. The molecular formula is C19H23BrN2O2. The van der Waals surface area contributed by atoms with Crippen LogP contribution >= 0.6 is 15.9 Å². The van der Waals surface area contributed by atoms with E-state index in [9.17, 15) is 4.79 Å². The Kier molecular flexibility index (Phi) is 6.07. The molecule has 24 heavy (non-hydrogen) atoms. The maximum Gasteiger partial charge on any atom is 0.220 e. The van der Waals surface area contributed by atoms with E-state index in [-0.39, 0.29) is 5.91 Å². The first-order valence-electron chi connectivity index (χ1n) is 8.71. The third-order valence-corrected chi connectivity index (χ3v) is 4.94. The number of hydrogen-bond donors (Lipinski definition) is 1. The van der Waals surface area contributed by atoms with Crippen molar-refractivity contribution >= 4 is 21.8 Å². The molecule has 1 heterocycles. The van der Waals surface area contributed by atoms with Crippen molar-refractivity contribution in [3.8, 4) is 11.3 Å². The zero-order chi connectivity index (χ0) is 16.8. The standard InChI is InChI=1S/C19H23BrN2O2/c20-15-7-5-6-14(12-15)17-13-21-19(24-17)11-10-18(23)22-16-8-3-1-2-4-9-16/h5-7,12-13,16H,1-4,8-11H2,(H,22,23). The molecule has 1 aliphatic rings. The highest BCUT2D eigenvalue weighted by molar-refractivity contribution is 9.10. The van der Waals surface area contributed by atoms with Gasteiger partial charge in [-0.3, -0.25) is 4.79 Å². The molecule has 2 aromatic rings. The van der Waals surface area contributed by atoms with Gasteiger partial charge in [-0.05, 0) is 25.0 Å². The predicted octanol–water partition coefficient (Wildman–Crippen LogP) is 4.88. The molecule has 0 radical (unpaired) electrons. The Hall–Kier alpha value is -1.62. The van der Waals surface area contributed by atoms with Gasteiger partial charge in [0, 0.05) is 28.9 Å². The number of halogens is 1. The monoisotopic (exact) mass is 390 g/mol. The van der Waals surface area contributed by atoms with Crippen LogP contribution in [0, 0.1) is 0 Å². The lowest BCUT2D eigenvalue weighted by molar-refractivity contribution is -0.121. The van der Waals surface area contributed by atoms with E-state index in [1.165, 1.54) is 25.7 Å². The quantitative estimate of drug-likeness (QED) is 0.740. The summed E-state index contributed by atoms with van der Waals surface area (Å²) in [5.41, 5.74) is 0.978. The number of nitrogens with one attached hydrogen (secondary N) is 1. The van der Waals surface area contributed by atoms with Gasteiger partial charge in [-0.2, -0.15) is 0 Å². The SMILES string of the molecule is O=C(CCc1ncc(-c2cccc(Br)c2)o1)NC1CCCCCC1. The number of carbonyl (C=O) groups is 1. The van der Waals surface area contributed by atoms with Crippen molar-refractivity contribution in [2.75, 3.05) is 0 Å². The van der Waals surface area contributed by atoms with Gasteiger partial charge in [0.2, 0.25) is 5.91 Å². The van der Waals surface area contributed by atoms with Crippen molar-refractivity contribution in [1.29, 1.82) is 0 Å². The average Bonchev–Trinajstić information content (AvgIpc) is 2.91. The van der Waals surface area contributed by atoms with Gasteiger partial charge >= 0.3 is 0 Å². The molecule has 3 rings (SSSR count). The highest BCUT2D eigenvalue weighted by atomic mass is 79.9. The molecule has 0 aliphatic heterocycles. The minimum atomic E-state index is 0.101. The summed E-state index contributed by atoms with van der Waals surface area (Å²) in [6.07, 6.45) is 9.93. The maximum absolute atomic E-state index is 12.1. The summed E-state index contributed by atoms with van der Waals surface area (Å²) in [6, 6.07) is 8.25. The molecule has 4 nitrogen and oxygen atoms in total. The van der Waals surface area contributed by atoms with Crippen LogP contribution in [0.4, 0.5) is 0 Å². The predicted molar refractivity (Wildman–Crippen MR) is 97.6 cm³/mol. The Balaban J connectivity index is 1.50. The van der Waals surface area contributed by atoms with E-state index in [0.29, 0.717) is 24.8 Å². The molecule has 0 bridgehead atoms. The first-order valence-corrected chi connectivity index (χ1v) is 9.50. The van der Waals surface area contributed by atoms with Crippen LogP contribution < -0.4 is 5.32 Å². The van der Waals surface area contributed by atoms with Crippen LogP contribution in [0.2, 0.25) is 0 Å². The van der Waals surface area contributed by atoms with Crippen molar-refractivity contribution in [3.05, 3.63) is 40.8 Å². The molecule has 1 amide bonds. The van der Waals surface area contributed by atoms with Crippen molar-refractivity contribution in [1.82, 2.24) is 10.3 Å². The van der Waals surface area contributed by atoms with Crippen LogP contribution in [0.5, 0.6) is 0 Å². The summed E-state index contributed by atoms with van der Waals surface area (Å²) >= 11 is 3.45. The fourth-order valence-corrected chi connectivity index (χ4v) is 3.54. The number of oxazole rings is 1. The van der Waals surface area contributed by atoms with E-state index in [1.807, 2.05) is 24.3 Å². The molecule has 0 saturated heterocycles. The highest BCUT2D eigenvalue weighted by Crippen LogP contribution is 2.24. The van der Waals surface area contributed by atoms with E-state index in [0.717, 1.165) is 28.6 Å². The molecule has 1 aliphatic carbocycles. The second kappa shape index (κ2) is 8.47. The van der Waals surface area contributed by atoms with E-state index in [4.69, 9.17) is 4.42 Å². The van der Waals surface area contributed by atoms with Crippen LogP contribution in [0.15, 0.2) is 39.4 Å². The summed E-state index contributed by atoms with van der Waals surface area (Å²) in [5.74, 6) is 1.44. The van der Waals surface area contributed by atoms with E-state index < -0.39 is 0 Å². The summed E-state index contributed by atoms with van der Waals surface area (Å²) < 4.78 is 6.77. The lowest BCUT2D eigenvalue weighted by atomic mass is 10.1. The third kappa shape index (κ3) is 4.94. The maximum atomic E-state index is 12.1.